The van der Waals surface area contributed by atoms with Crippen molar-refractivity contribution in [3.63, 3.8) is 0 Å². The van der Waals surface area contributed by atoms with E-state index in [2.05, 4.69) is 0 Å². The van der Waals surface area contributed by atoms with E-state index in [0.29, 0.717) is 6.42 Å². The first-order chi connectivity index (χ1) is 6.41. The number of alkyl halides is 3. The van der Waals surface area contributed by atoms with Crippen LogP contribution in [0, 0.1) is 0 Å². The van der Waals surface area contributed by atoms with Crippen LogP contribution in [-0.2, 0) is 4.79 Å². The molecule has 0 spiro atoms. The van der Waals surface area contributed by atoms with E-state index in [4.69, 9.17) is 0 Å². The number of piperidine rings is 1. The van der Waals surface area contributed by atoms with Gasteiger partial charge in [-0.2, -0.15) is 13.2 Å². The van der Waals surface area contributed by atoms with Gasteiger partial charge in [0.05, 0.1) is 0 Å². The maximum Gasteiger partial charge on any atom is 0.450 e. The van der Waals surface area contributed by atoms with E-state index in [0.717, 1.165) is 19.4 Å². The fourth-order valence-electron chi connectivity index (χ4n) is 1.73. The van der Waals surface area contributed by atoms with Gasteiger partial charge in [0.2, 0.25) is 5.78 Å². The minimum atomic E-state index is -4.67. The standard InChI is InChI=1S/C9H14F3NO/c1-13-5-3-2-4-7(13)6-8(14)9(10,11)12/h7H,2-6H2,1H3. The van der Waals surface area contributed by atoms with Crippen LogP contribution in [0.4, 0.5) is 13.2 Å². The van der Waals surface area contributed by atoms with Gasteiger partial charge >= 0.3 is 6.18 Å². The van der Waals surface area contributed by atoms with Crippen molar-refractivity contribution in [1.29, 1.82) is 0 Å². The van der Waals surface area contributed by atoms with Crippen LogP contribution in [0.5, 0.6) is 0 Å². The van der Waals surface area contributed by atoms with E-state index >= 15 is 0 Å². The van der Waals surface area contributed by atoms with Gasteiger partial charge in [-0.3, -0.25) is 4.79 Å². The lowest BCUT2D eigenvalue weighted by Gasteiger charge is -2.32. The Labute approximate surface area is 81.1 Å². The number of Topliss-reactive ketones (excluding diaryl/α,β-unsaturated/α-hetero) is 1. The van der Waals surface area contributed by atoms with Crippen molar-refractivity contribution in [2.24, 2.45) is 0 Å². The Balaban J connectivity index is 2.46. The molecular formula is C9H14F3NO. The quantitative estimate of drug-likeness (QED) is 0.693. The Kier molecular flexibility index (Phi) is 3.53. The van der Waals surface area contributed by atoms with Gasteiger partial charge < -0.3 is 4.90 Å². The van der Waals surface area contributed by atoms with Crippen molar-refractivity contribution in [3.8, 4) is 0 Å². The predicted octanol–water partition coefficient (Wildman–Crippen LogP) is 1.99. The minimum absolute atomic E-state index is 0.224. The average Bonchev–Trinajstić information content (AvgIpc) is 2.07. The second-order valence-electron chi connectivity index (χ2n) is 3.76. The van der Waals surface area contributed by atoms with Crippen molar-refractivity contribution >= 4 is 5.78 Å². The molecule has 0 saturated carbocycles. The van der Waals surface area contributed by atoms with Gasteiger partial charge in [-0.05, 0) is 26.4 Å². The maximum atomic E-state index is 12.0. The second-order valence-corrected chi connectivity index (χ2v) is 3.76. The summed E-state index contributed by atoms with van der Waals surface area (Å²) in [6.45, 7) is 0.788. The molecule has 5 heteroatoms. The first-order valence-corrected chi connectivity index (χ1v) is 4.71. The summed E-state index contributed by atoms with van der Waals surface area (Å²) in [5, 5.41) is 0. The predicted molar refractivity (Wildman–Crippen MR) is 45.9 cm³/mol. The van der Waals surface area contributed by atoms with Crippen molar-refractivity contribution in [2.45, 2.75) is 37.9 Å². The zero-order valence-electron chi connectivity index (χ0n) is 8.10. The summed E-state index contributed by atoms with van der Waals surface area (Å²) >= 11 is 0. The Hall–Kier alpha value is -0.580. The zero-order chi connectivity index (χ0) is 10.8. The fourth-order valence-corrected chi connectivity index (χ4v) is 1.73. The van der Waals surface area contributed by atoms with Gasteiger partial charge in [0.1, 0.15) is 0 Å². The highest BCUT2D eigenvalue weighted by Gasteiger charge is 2.39. The third kappa shape index (κ3) is 2.97. The largest absolute Gasteiger partial charge is 0.450 e. The summed E-state index contributed by atoms with van der Waals surface area (Å²) in [5.74, 6) is -1.60. The fraction of sp³-hybridized carbons (Fsp3) is 0.889. The number of carbonyl (C=O) groups excluding carboxylic acids is 1. The summed E-state index contributed by atoms with van der Waals surface area (Å²) < 4.78 is 35.9. The number of rotatable bonds is 2. The molecule has 0 radical (unpaired) electrons. The number of halogens is 3. The molecule has 1 rings (SSSR count). The number of carbonyl (C=O) groups is 1. The zero-order valence-corrected chi connectivity index (χ0v) is 8.10. The molecule has 2 nitrogen and oxygen atoms in total. The monoisotopic (exact) mass is 209 g/mol. The van der Waals surface area contributed by atoms with Crippen LogP contribution in [0.3, 0.4) is 0 Å². The molecule has 1 saturated heterocycles. The molecule has 0 aromatic rings. The van der Waals surface area contributed by atoms with E-state index in [9.17, 15) is 18.0 Å². The van der Waals surface area contributed by atoms with E-state index in [1.807, 2.05) is 4.90 Å². The molecular weight excluding hydrogens is 195 g/mol. The van der Waals surface area contributed by atoms with Gasteiger partial charge in [-0.25, -0.2) is 0 Å². The van der Waals surface area contributed by atoms with Crippen LogP contribution in [0.2, 0.25) is 0 Å². The normalized spacial score (nSPS) is 25.0. The van der Waals surface area contributed by atoms with Crippen LogP contribution < -0.4 is 0 Å². The van der Waals surface area contributed by atoms with E-state index in [1.165, 1.54) is 0 Å². The van der Waals surface area contributed by atoms with E-state index in [-0.39, 0.29) is 12.5 Å². The van der Waals surface area contributed by atoms with E-state index in [1.54, 1.807) is 7.05 Å². The number of likely N-dealkylation sites (tertiary alicyclic amines) is 1. The van der Waals surface area contributed by atoms with Crippen LogP contribution in [0.25, 0.3) is 0 Å². The molecule has 0 aromatic heterocycles. The van der Waals surface area contributed by atoms with Gasteiger partial charge in [-0.15, -0.1) is 0 Å². The first kappa shape index (κ1) is 11.5. The SMILES string of the molecule is CN1CCCCC1CC(=O)C(F)(F)F. The molecule has 0 amide bonds. The summed E-state index contributed by atoms with van der Waals surface area (Å²) in [6.07, 6.45) is -2.44. The molecule has 1 unspecified atom stereocenters. The van der Waals surface area contributed by atoms with Gasteiger partial charge in [0.15, 0.2) is 0 Å². The van der Waals surface area contributed by atoms with Crippen LogP contribution in [0.15, 0.2) is 0 Å². The Morgan fingerprint density at radius 3 is 2.57 bits per heavy atom. The summed E-state index contributed by atoms with van der Waals surface area (Å²) in [5.41, 5.74) is 0. The lowest BCUT2D eigenvalue weighted by atomic mass is 9.98. The highest BCUT2D eigenvalue weighted by Crippen LogP contribution is 2.24. The number of hydrogen-bond donors (Lipinski definition) is 0. The highest BCUT2D eigenvalue weighted by atomic mass is 19.4. The first-order valence-electron chi connectivity index (χ1n) is 4.71. The van der Waals surface area contributed by atoms with Crippen molar-refractivity contribution in [1.82, 2.24) is 4.90 Å². The van der Waals surface area contributed by atoms with Crippen LogP contribution >= 0.6 is 0 Å². The molecule has 0 aliphatic carbocycles. The second kappa shape index (κ2) is 4.29. The highest BCUT2D eigenvalue weighted by molar-refractivity contribution is 5.84. The van der Waals surface area contributed by atoms with Gasteiger partial charge in [0.25, 0.3) is 0 Å². The lowest BCUT2D eigenvalue weighted by Crippen LogP contribution is -2.40. The molecule has 1 aliphatic rings. The third-order valence-electron chi connectivity index (χ3n) is 2.66. The molecule has 14 heavy (non-hydrogen) atoms. The van der Waals surface area contributed by atoms with Crippen LogP contribution in [-0.4, -0.2) is 36.5 Å². The Bertz CT molecular complexity index is 215. The molecule has 1 aliphatic heterocycles. The maximum absolute atomic E-state index is 12.0. The van der Waals surface area contributed by atoms with Crippen molar-refractivity contribution in [2.75, 3.05) is 13.6 Å². The molecule has 1 atom stereocenters. The smallest absolute Gasteiger partial charge is 0.303 e. The summed E-state index contributed by atoms with van der Waals surface area (Å²) in [6, 6.07) is -0.224. The number of ketones is 1. The Morgan fingerprint density at radius 2 is 2.07 bits per heavy atom. The van der Waals surface area contributed by atoms with Gasteiger partial charge in [0, 0.05) is 12.5 Å². The van der Waals surface area contributed by atoms with E-state index < -0.39 is 12.0 Å². The molecule has 0 aromatic carbocycles. The van der Waals surface area contributed by atoms with Crippen molar-refractivity contribution < 1.29 is 18.0 Å². The number of hydrogen-bond acceptors (Lipinski definition) is 2. The van der Waals surface area contributed by atoms with Crippen LogP contribution in [0.1, 0.15) is 25.7 Å². The minimum Gasteiger partial charge on any atom is -0.303 e. The number of nitrogens with zero attached hydrogens (tertiary/aromatic N) is 1. The van der Waals surface area contributed by atoms with Crippen molar-refractivity contribution in [3.05, 3.63) is 0 Å². The molecule has 0 bridgehead atoms. The third-order valence-corrected chi connectivity index (χ3v) is 2.66. The summed E-state index contributed by atoms with van der Waals surface area (Å²) in [7, 11) is 1.77. The molecule has 1 heterocycles. The topological polar surface area (TPSA) is 20.3 Å². The molecule has 0 N–H and O–H groups in total. The lowest BCUT2D eigenvalue weighted by molar-refractivity contribution is -0.172. The Morgan fingerprint density at radius 1 is 1.43 bits per heavy atom. The average molecular weight is 209 g/mol. The molecule has 82 valence electrons. The summed E-state index contributed by atoms with van der Waals surface area (Å²) in [4.78, 5) is 12.6. The molecule has 1 fully saturated rings. The van der Waals surface area contributed by atoms with Gasteiger partial charge in [-0.1, -0.05) is 6.42 Å².